The lowest BCUT2D eigenvalue weighted by molar-refractivity contribution is 0.131. The number of unbranched alkanes of at least 4 members (excludes halogenated alkanes) is 2. The van der Waals surface area contributed by atoms with Gasteiger partial charge in [-0.15, -0.1) is 0 Å². The van der Waals surface area contributed by atoms with Crippen molar-refractivity contribution in [2.24, 2.45) is 0 Å². The molecule has 21 heavy (non-hydrogen) atoms. The average Bonchev–Trinajstić information content (AvgIpc) is 2.39. The Labute approximate surface area is 127 Å². The van der Waals surface area contributed by atoms with Gasteiger partial charge in [0, 0.05) is 27.4 Å². The summed E-state index contributed by atoms with van der Waals surface area (Å²) in [7, 11) is -4.51. The summed E-state index contributed by atoms with van der Waals surface area (Å²) in [5.41, 5.74) is 0. The SMILES string of the molecule is COCCCCS(=O)(=O)OCOS(=O)(=O)CCCCOC. The van der Waals surface area contributed by atoms with Gasteiger partial charge in [0.25, 0.3) is 20.2 Å². The Balaban J connectivity index is 3.89. The standard InChI is InChI=1S/C11H24O8S2/c1-16-7-3-5-9-20(12,13)18-11-19-21(14,15)10-6-4-8-17-2/h3-11H2,1-2H3. The van der Waals surface area contributed by atoms with Gasteiger partial charge in [0.05, 0.1) is 11.5 Å². The van der Waals surface area contributed by atoms with Gasteiger partial charge in [0.2, 0.25) is 0 Å². The number of rotatable bonds is 14. The average molecular weight is 348 g/mol. The molecule has 0 amide bonds. The summed E-state index contributed by atoms with van der Waals surface area (Å²) in [6, 6.07) is 0. The number of hydrogen-bond acceptors (Lipinski definition) is 8. The molecular formula is C11H24O8S2. The molecule has 0 aromatic carbocycles. The van der Waals surface area contributed by atoms with Crippen LogP contribution in [-0.4, -0.2) is 62.6 Å². The highest BCUT2D eigenvalue weighted by Crippen LogP contribution is 2.04. The van der Waals surface area contributed by atoms with Crippen molar-refractivity contribution in [1.82, 2.24) is 0 Å². The maximum Gasteiger partial charge on any atom is 0.269 e. The Morgan fingerprint density at radius 3 is 1.38 bits per heavy atom. The first-order valence-electron chi connectivity index (χ1n) is 6.55. The topological polar surface area (TPSA) is 105 Å². The molecule has 0 aromatic heterocycles. The third-order valence-corrected chi connectivity index (χ3v) is 4.93. The van der Waals surface area contributed by atoms with E-state index < -0.39 is 27.0 Å². The van der Waals surface area contributed by atoms with Crippen LogP contribution in [0.1, 0.15) is 25.7 Å². The fourth-order valence-electron chi connectivity index (χ4n) is 1.33. The highest BCUT2D eigenvalue weighted by atomic mass is 32.2. The molecule has 0 aromatic rings. The summed E-state index contributed by atoms with van der Waals surface area (Å²) in [6.07, 6.45) is 1.91. The Morgan fingerprint density at radius 1 is 0.667 bits per heavy atom. The summed E-state index contributed by atoms with van der Waals surface area (Å²) in [5, 5.41) is 0. The molecule has 0 atom stereocenters. The first-order valence-corrected chi connectivity index (χ1v) is 9.70. The van der Waals surface area contributed by atoms with Crippen LogP contribution >= 0.6 is 0 Å². The van der Waals surface area contributed by atoms with E-state index in [1.165, 1.54) is 14.2 Å². The van der Waals surface area contributed by atoms with E-state index in [2.05, 4.69) is 8.37 Å². The fraction of sp³-hybridized carbons (Fsp3) is 1.00. The van der Waals surface area contributed by atoms with Gasteiger partial charge in [0.15, 0.2) is 6.79 Å². The van der Waals surface area contributed by atoms with E-state index in [9.17, 15) is 16.8 Å². The number of hydrogen-bond donors (Lipinski definition) is 0. The first kappa shape index (κ1) is 20.7. The van der Waals surface area contributed by atoms with Crippen molar-refractivity contribution in [3.8, 4) is 0 Å². The smallest absolute Gasteiger partial charge is 0.269 e. The van der Waals surface area contributed by atoms with Crippen molar-refractivity contribution in [1.29, 1.82) is 0 Å². The van der Waals surface area contributed by atoms with Crippen LogP contribution in [0.3, 0.4) is 0 Å². The summed E-state index contributed by atoms with van der Waals surface area (Å²) < 4.78 is 64.2. The van der Waals surface area contributed by atoms with E-state index in [0.717, 1.165) is 0 Å². The van der Waals surface area contributed by atoms with Gasteiger partial charge in [-0.2, -0.15) is 16.8 Å². The van der Waals surface area contributed by atoms with Gasteiger partial charge in [-0.25, -0.2) is 8.37 Å². The molecule has 0 radical (unpaired) electrons. The van der Waals surface area contributed by atoms with Crippen molar-refractivity contribution >= 4 is 20.2 Å². The van der Waals surface area contributed by atoms with Crippen LogP contribution in [0.15, 0.2) is 0 Å². The Hall–Kier alpha value is -0.260. The van der Waals surface area contributed by atoms with Gasteiger partial charge in [-0.3, -0.25) is 0 Å². The molecule has 0 N–H and O–H groups in total. The summed E-state index contributed by atoms with van der Waals surface area (Å²) in [6.45, 7) is 0.100. The molecule has 10 heteroatoms. The Morgan fingerprint density at radius 2 is 1.05 bits per heavy atom. The Bertz CT molecular complexity index is 401. The predicted octanol–water partition coefficient (Wildman–Crippen LogP) is 0.490. The van der Waals surface area contributed by atoms with E-state index in [1.54, 1.807) is 0 Å². The summed E-state index contributed by atoms with van der Waals surface area (Å²) in [5.74, 6) is -0.402. The molecule has 0 aliphatic rings. The maximum absolute atomic E-state index is 11.4. The second kappa shape index (κ2) is 11.3. The molecule has 0 aliphatic heterocycles. The van der Waals surface area contributed by atoms with E-state index in [1.807, 2.05) is 0 Å². The maximum atomic E-state index is 11.4. The van der Waals surface area contributed by atoms with Crippen molar-refractivity contribution in [2.75, 3.05) is 45.7 Å². The summed E-state index contributed by atoms with van der Waals surface area (Å²) in [4.78, 5) is 0. The van der Waals surface area contributed by atoms with Crippen molar-refractivity contribution in [3.05, 3.63) is 0 Å². The normalized spacial score (nSPS) is 12.7. The molecule has 0 spiro atoms. The van der Waals surface area contributed by atoms with E-state index in [0.29, 0.717) is 38.9 Å². The minimum absolute atomic E-state index is 0.201. The quantitative estimate of drug-likeness (QED) is 0.254. The lowest BCUT2D eigenvalue weighted by Crippen LogP contribution is -2.18. The third kappa shape index (κ3) is 13.1. The van der Waals surface area contributed by atoms with Crippen LogP contribution in [0.2, 0.25) is 0 Å². The molecule has 0 rings (SSSR count). The molecule has 0 fully saturated rings. The zero-order chi connectivity index (χ0) is 16.2. The van der Waals surface area contributed by atoms with Crippen LogP contribution in [-0.2, 0) is 38.1 Å². The highest BCUT2D eigenvalue weighted by Gasteiger charge is 2.15. The molecule has 0 unspecified atom stereocenters. The third-order valence-electron chi connectivity index (χ3n) is 2.44. The van der Waals surface area contributed by atoms with Crippen molar-refractivity contribution in [2.45, 2.75) is 25.7 Å². The van der Waals surface area contributed by atoms with Crippen molar-refractivity contribution in [3.63, 3.8) is 0 Å². The minimum Gasteiger partial charge on any atom is -0.385 e. The van der Waals surface area contributed by atoms with Gasteiger partial charge in [-0.1, -0.05) is 0 Å². The van der Waals surface area contributed by atoms with Crippen LogP contribution in [0.4, 0.5) is 0 Å². The van der Waals surface area contributed by atoms with Crippen LogP contribution in [0.5, 0.6) is 0 Å². The second-order valence-corrected chi connectivity index (χ2v) is 7.80. The van der Waals surface area contributed by atoms with Crippen LogP contribution < -0.4 is 0 Å². The molecule has 0 saturated carbocycles. The first-order chi connectivity index (χ1) is 9.83. The molecule has 0 saturated heterocycles. The van der Waals surface area contributed by atoms with E-state index in [4.69, 9.17) is 9.47 Å². The predicted molar refractivity (Wildman–Crippen MR) is 76.8 cm³/mol. The van der Waals surface area contributed by atoms with E-state index in [-0.39, 0.29) is 11.5 Å². The fourth-order valence-corrected chi connectivity index (χ4v) is 3.14. The highest BCUT2D eigenvalue weighted by molar-refractivity contribution is 7.87. The lowest BCUT2D eigenvalue weighted by Gasteiger charge is -2.07. The monoisotopic (exact) mass is 348 g/mol. The zero-order valence-corrected chi connectivity index (χ0v) is 14.1. The largest absolute Gasteiger partial charge is 0.385 e. The molecule has 0 heterocycles. The van der Waals surface area contributed by atoms with Crippen LogP contribution in [0.25, 0.3) is 0 Å². The molecule has 0 aliphatic carbocycles. The van der Waals surface area contributed by atoms with Crippen LogP contribution in [0, 0.1) is 0 Å². The van der Waals surface area contributed by atoms with Gasteiger partial charge >= 0.3 is 0 Å². The lowest BCUT2D eigenvalue weighted by atomic mass is 10.4. The van der Waals surface area contributed by atoms with Crippen molar-refractivity contribution < 1.29 is 34.7 Å². The molecule has 128 valence electrons. The summed E-state index contributed by atoms with van der Waals surface area (Å²) >= 11 is 0. The zero-order valence-electron chi connectivity index (χ0n) is 12.4. The van der Waals surface area contributed by atoms with Gasteiger partial charge in [0.1, 0.15) is 0 Å². The number of methoxy groups -OCH3 is 2. The Kier molecular flexibility index (Phi) is 11.2. The van der Waals surface area contributed by atoms with E-state index >= 15 is 0 Å². The minimum atomic E-state index is -3.78. The van der Waals surface area contributed by atoms with Gasteiger partial charge in [-0.05, 0) is 25.7 Å². The number of ether oxygens (including phenoxy) is 2. The van der Waals surface area contributed by atoms with Gasteiger partial charge < -0.3 is 9.47 Å². The molecular weight excluding hydrogens is 324 g/mol. The molecule has 8 nitrogen and oxygen atoms in total. The molecule has 0 bridgehead atoms. The second-order valence-electron chi connectivity index (χ2n) is 4.28.